The molecule has 0 spiro atoms. The topological polar surface area (TPSA) is 108 Å². The molecule has 3 aromatic rings. The number of carbonyl (C=O) groups excluding carboxylic acids is 2. The lowest BCUT2D eigenvalue weighted by Crippen LogP contribution is -2.26. The van der Waals surface area contributed by atoms with E-state index < -0.39 is 17.9 Å². The maximum atomic E-state index is 13.5. The second kappa shape index (κ2) is 8.31. The summed E-state index contributed by atoms with van der Waals surface area (Å²) in [6.07, 6.45) is 1.67. The minimum atomic E-state index is -0.793. The molecule has 0 saturated carbocycles. The summed E-state index contributed by atoms with van der Waals surface area (Å²) in [5, 5.41) is 6.95. The number of esters is 1. The van der Waals surface area contributed by atoms with E-state index in [1.54, 1.807) is 37.0 Å². The molecular formula is C20H17ClFN5O4. The molecule has 0 aliphatic carbocycles. The molecule has 0 radical (unpaired) electrons. The summed E-state index contributed by atoms with van der Waals surface area (Å²) >= 11 is 5.99. The number of halogens is 2. The van der Waals surface area contributed by atoms with Crippen LogP contribution in [0.3, 0.4) is 0 Å². The smallest absolute Gasteiger partial charge is 0.312 e. The van der Waals surface area contributed by atoms with Crippen molar-refractivity contribution in [2.45, 2.75) is 19.4 Å². The van der Waals surface area contributed by atoms with Gasteiger partial charge < -0.3 is 14.8 Å². The molecule has 1 aliphatic rings. The van der Waals surface area contributed by atoms with Crippen molar-refractivity contribution in [2.75, 3.05) is 11.9 Å². The molecule has 11 heteroatoms. The highest BCUT2D eigenvalue weighted by atomic mass is 35.5. The first-order chi connectivity index (χ1) is 14.8. The van der Waals surface area contributed by atoms with Crippen molar-refractivity contribution in [1.29, 1.82) is 0 Å². The fourth-order valence-electron chi connectivity index (χ4n) is 3.16. The predicted octanol–water partition coefficient (Wildman–Crippen LogP) is 2.85. The summed E-state index contributed by atoms with van der Waals surface area (Å²) in [6, 6.07) is 4.55. The van der Waals surface area contributed by atoms with Crippen LogP contribution in [0.5, 0.6) is 5.88 Å². The van der Waals surface area contributed by atoms with Gasteiger partial charge in [0.25, 0.3) is 5.91 Å². The van der Waals surface area contributed by atoms with Gasteiger partial charge in [0.15, 0.2) is 6.61 Å². The third kappa shape index (κ3) is 4.33. The molecule has 1 amide bonds. The van der Waals surface area contributed by atoms with E-state index in [1.807, 2.05) is 0 Å². The van der Waals surface area contributed by atoms with Crippen LogP contribution >= 0.6 is 11.6 Å². The Hall–Kier alpha value is -3.53. The van der Waals surface area contributed by atoms with Crippen LogP contribution in [0.15, 0.2) is 30.6 Å². The van der Waals surface area contributed by atoms with Crippen LogP contribution in [0, 0.1) is 5.82 Å². The third-order valence-electron chi connectivity index (χ3n) is 4.70. The van der Waals surface area contributed by atoms with E-state index in [0.29, 0.717) is 22.6 Å². The van der Waals surface area contributed by atoms with Gasteiger partial charge in [0.1, 0.15) is 22.8 Å². The van der Waals surface area contributed by atoms with Gasteiger partial charge in [-0.3, -0.25) is 14.3 Å². The molecule has 31 heavy (non-hydrogen) atoms. The Morgan fingerprint density at radius 1 is 1.42 bits per heavy atom. The van der Waals surface area contributed by atoms with Crippen LogP contribution < -0.4 is 10.1 Å². The van der Waals surface area contributed by atoms with E-state index in [1.165, 1.54) is 6.07 Å². The highest BCUT2D eigenvalue weighted by Gasteiger charge is 2.23. The summed E-state index contributed by atoms with van der Waals surface area (Å²) in [7, 11) is 1.69. The number of hydrogen-bond acceptors (Lipinski definition) is 7. The second-order valence-electron chi connectivity index (χ2n) is 6.86. The summed E-state index contributed by atoms with van der Waals surface area (Å²) in [6.45, 7) is 1.46. The maximum absolute atomic E-state index is 13.5. The normalized spacial score (nSPS) is 13.7. The van der Waals surface area contributed by atoms with Gasteiger partial charge in [-0.25, -0.2) is 14.4 Å². The first-order valence-corrected chi connectivity index (χ1v) is 9.65. The Kier molecular flexibility index (Phi) is 5.55. The van der Waals surface area contributed by atoms with E-state index >= 15 is 0 Å². The Balaban J connectivity index is 1.54. The average Bonchev–Trinajstić information content (AvgIpc) is 3.09. The molecular weight excluding hydrogens is 429 g/mol. The molecule has 0 fully saturated rings. The van der Waals surface area contributed by atoms with Crippen molar-refractivity contribution in [2.24, 2.45) is 7.05 Å². The van der Waals surface area contributed by atoms with Gasteiger partial charge >= 0.3 is 5.97 Å². The Morgan fingerprint density at radius 3 is 3.03 bits per heavy atom. The summed E-state index contributed by atoms with van der Waals surface area (Å²) < 4.78 is 25.8. The predicted molar refractivity (Wildman–Crippen MR) is 108 cm³/mol. The molecule has 0 unspecified atom stereocenters. The van der Waals surface area contributed by atoms with Crippen LogP contribution in [-0.2, 0) is 27.8 Å². The fraction of sp³-hybridized carbons (Fsp3) is 0.250. The summed E-state index contributed by atoms with van der Waals surface area (Å²) in [5.41, 5.74) is 2.44. The van der Waals surface area contributed by atoms with E-state index in [9.17, 15) is 14.0 Å². The first kappa shape index (κ1) is 20.7. The van der Waals surface area contributed by atoms with E-state index in [2.05, 4.69) is 20.4 Å². The van der Waals surface area contributed by atoms with Gasteiger partial charge in [0.2, 0.25) is 5.88 Å². The van der Waals surface area contributed by atoms with Gasteiger partial charge in [-0.1, -0.05) is 11.6 Å². The number of pyridine rings is 2. The van der Waals surface area contributed by atoms with Crippen LogP contribution in [0.25, 0.3) is 11.3 Å². The number of fused-ring (bicyclic) bond motifs is 1. The van der Waals surface area contributed by atoms with E-state index in [4.69, 9.17) is 21.1 Å². The van der Waals surface area contributed by atoms with Crippen molar-refractivity contribution >= 4 is 29.2 Å². The third-order valence-corrected chi connectivity index (χ3v) is 5.02. The minimum absolute atomic E-state index is 0.0632. The number of anilines is 1. The van der Waals surface area contributed by atoms with Crippen LogP contribution in [0.2, 0.25) is 5.15 Å². The van der Waals surface area contributed by atoms with Crippen molar-refractivity contribution < 1.29 is 23.5 Å². The largest absolute Gasteiger partial charge is 0.466 e. The zero-order valence-electron chi connectivity index (χ0n) is 16.6. The van der Waals surface area contributed by atoms with E-state index in [0.717, 1.165) is 6.20 Å². The highest BCUT2D eigenvalue weighted by molar-refractivity contribution is 6.30. The number of amides is 1. The molecule has 0 bridgehead atoms. The minimum Gasteiger partial charge on any atom is -0.466 e. The lowest BCUT2D eigenvalue weighted by molar-refractivity contribution is -0.147. The molecule has 160 valence electrons. The van der Waals surface area contributed by atoms with Crippen molar-refractivity contribution in [1.82, 2.24) is 19.7 Å². The molecule has 1 atom stereocenters. The standard InChI is InChI=1S/C20H17ClFN5O4/c1-10(12-5-11(22)7-23-19(12)21)31-18(29)6-16-13(8-24-27(16)2)14-3-4-15-20(26-14)30-9-17(28)25-15/h3-5,7-8,10H,6,9H2,1-2H3,(H,25,28)/t10-/m1/s1. The number of aromatic nitrogens is 4. The van der Waals surface area contributed by atoms with Crippen molar-refractivity contribution in [3.05, 3.63) is 52.8 Å². The number of hydrogen-bond donors (Lipinski definition) is 1. The first-order valence-electron chi connectivity index (χ1n) is 9.27. The number of nitrogens with one attached hydrogen (secondary N) is 1. The van der Waals surface area contributed by atoms with Gasteiger partial charge in [0.05, 0.1) is 30.2 Å². The quantitative estimate of drug-likeness (QED) is 0.475. The van der Waals surface area contributed by atoms with Crippen molar-refractivity contribution in [3.8, 4) is 17.1 Å². The van der Waals surface area contributed by atoms with Crippen LogP contribution in [-0.4, -0.2) is 38.2 Å². The number of rotatable bonds is 5. The highest BCUT2D eigenvalue weighted by Crippen LogP contribution is 2.31. The SMILES string of the molecule is C[C@@H](OC(=O)Cc1c(-c2ccc3c(n2)OCC(=O)N3)cnn1C)c1cc(F)cnc1Cl. The summed E-state index contributed by atoms with van der Waals surface area (Å²) in [4.78, 5) is 32.2. The second-order valence-corrected chi connectivity index (χ2v) is 7.22. The van der Waals surface area contributed by atoms with Crippen LogP contribution in [0.4, 0.5) is 10.1 Å². The van der Waals surface area contributed by atoms with E-state index in [-0.39, 0.29) is 35.5 Å². The maximum Gasteiger partial charge on any atom is 0.312 e. The lowest BCUT2D eigenvalue weighted by atomic mass is 10.1. The summed E-state index contributed by atoms with van der Waals surface area (Å²) in [5.74, 6) is -1.10. The monoisotopic (exact) mass is 445 g/mol. The fourth-order valence-corrected chi connectivity index (χ4v) is 3.42. The molecule has 0 saturated heterocycles. The molecule has 9 nitrogen and oxygen atoms in total. The van der Waals surface area contributed by atoms with Gasteiger partial charge in [-0.15, -0.1) is 0 Å². The number of aryl methyl sites for hydroxylation is 1. The number of carbonyl (C=O) groups is 2. The zero-order valence-corrected chi connectivity index (χ0v) is 17.3. The zero-order chi connectivity index (χ0) is 22.1. The van der Waals surface area contributed by atoms with Gasteiger partial charge in [-0.05, 0) is 25.1 Å². The molecule has 4 rings (SSSR count). The van der Waals surface area contributed by atoms with Gasteiger partial charge in [-0.2, -0.15) is 5.10 Å². The number of nitrogens with zero attached hydrogens (tertiary/aromatic N) is 4. The molecule has 3 aromatic heterocycles. The lowest BCUT2D eigenvalue weighted by Gasteiger charge is -2.17. The molecule has 4 heterocycles. The molecule has 0 aromatic carbocycles. The average molecular weight is 446 g/mol. The molecule has 1 N–H and O–H groups in total. The Bertz CT molecular complexity index is 1180. The van der Waals surface area contributed by atoms with Crippen molar-refractivity contribution in [3.63, 3.8) is 0 Å². The number of ether oxygens (including phenoxy) is 2. The van der Waals surface area contributed by atoms with Crippen LogP contribution in [0.1, 0.15) is 24.3 Å². The Morgan fingerprint density at radius 2 is 2.23 bits per heavy atom. The molecule has 1 aliphatic heterocycles. The van der Waals surface area contributed by atoms with Gasteiger partial charge in [0, 0.05) is 18.2 Å². The Labute approximate surface area is 181 Å².